The Balaban J connectivity index is 1.71. The molecule has 0 saturated heterocycles. The minimum atomic E-state index is -0.953. The average Bonchev–Trinajstić information content (AvgIpc) is 2.83. The predicted molar refractivity (Wildman–Crippen MR) is 133 cm³/mol. The molecule has 34 heavy (non-hydrogen) atoms. The number of ether oxygens (including phenoxy) is 1. The summed E-state index contributed by atoms with van der Waals surface area (Å²) < 4.78 is 5.33. The number of aromatic nitrogens is 1. The lowest BCUT2D eigenvalue weighted by molar-refractivity contribution is -0.136. The van der Waals surface area contributed by atoms with Crippen LogP contribution in [0.3, 0.4) is 0 Å². The number of anilines is 1. The molecule has 7 heteroatoms. The van der Waals surface area contributed by atoms with E-state index < -0.39 is 5.97 Å². The van der Waals surface area contributed by atoms with Gasteiger partial charge in [0.2, 0.25) is 0 Å². The second kappa shape index (κ2) is 11.8. The first-order valence-corrected chi connectivity index (χ1v) is 11.3. The molecular formula is C27H31N3O4. The van der Waals surface area contributed by atoms with E-state index in [9.17, 15) is 9.59 Å². The molecule has 0 aliphatic carbocycles. The van der Waals surface area contributed by atoms with Crippen LogP contribution < -0.4 is 15.4 Å². The molecule has 7 nitrogen and oxygen atoms in total. The molecule has 1 atom stereocenters. The van der Waals surface area contributed by atoms with Crippen LogP contribution in [-0.2, 0) is 4.79 Å². The Kier molecular flexibility index (Phi) is 8.62. The summed E-state index contributed by atoms with van der Waals surface area (Å²) in [5, 5.41) is 14.8. The largest absolute Gasteiger partial charge is 0.497 e. The van der Waals surface area contributed by atoms with Gasteiger partial charge in [-0.25, -0.2) is 4.98 Å². The van der Waals surface area contributed by atoms with E-state index in [2.05, 4.69) is 59.8 Å². The van der Waals surface area contributed by atoms with Gasteiger partial charge >= 0.3 is 5.97 Å². The number of hydrogen-bond acceptors (Lipinski definition) is 5. The summed E-state index contributed by atoms with van der Waals surface area (Å²) in [6, 6.07) is 20.0. The lowest BCUT2D eigenvalue weighted by Gasteiger charge is -2.22. The highest BCUT2D eigenvalue weighted by Crippen LogP contribution is 2.29. The molecule has 3 N–H and O–H groups in total. The van der Waals surface area contributed by atoms with Crippen LogP contribution in [0.1, 0.15) is 48.7 Å². The maximum Gasteiger partial charge on any atom is 0.305 e. The monoisotopic (exact) mass is 461 g/mol. The van der Waals surface area contributed by atoms with E-state index in [0.29, 0.717) is 17.3 Å². The number of amides is 1. The Bertz CT molecular complexity index is 1100. The molecule has 0 bridgehead atoms. The Morgan fingerprint density at radius 2 is 1.79 bits per heavy atom. The lowest BCUT2D eigenvalue weighted by Crippen LogP contribution is -2.26. The number of nitrogens with zero attached hydrogens (tertiary/aromatic N) is 1. The van der Waals surface area contributed by atoms with Crippen LogP contribution in [0, 0.1) is 5.92 Å². The summed E-state index contributed by atoms with van der Waals surface area (Å²) in [5.41, 5.74) is 3.75. The third-order valence-corrected chi connectivity index (χ3v) is 5.40. The summed E-state index contributed by atoms with van der Waals surface area (Å²) in [5.74, 6) is 0.670. The number of carbonyl (C=O) groups is 2. The van der Waals surface area contributed by atoms with Gasteiger partial charge in [0.25, 0.3) is 5.91 Å². The van der Waals surface area contributed by atoms with Crippen LogP contribution in [-0.4, -0.2) is 35.6 Å². The molecule has 0 saturated carbocycles. The van der Waals surface area contributed by atoms with E-state index in [1.54, 1.807) is 19.2 Å². The third kappa shape index (κ3) is 7.07. The minimum Gasteiger partial charge on any atom is -0.497 e. The third-order valence-electron chi connectivity index (χ3n) is 5.40. The first kappa shape index (κ1) is 24.8. The zero-order chi connectivity index (χ0) is 24.5. The van der Waals surface area contributed by atoms with Crippen LogP contribution in [0.4, 0.5) is 5.82 Å². The van der Waals surface area contributed by atoms with Gasteiger partial charge in [0.15, 0.2) is 0 Å². The van der Waals surface area contributed by atoms with Gasteiger partial charge in [0, 0.05) is 12.7 Å². The standard InChI is InChI=1S/C27H31N3O4/c1-18(2)15-24(20-9-7-19(8-10-20)21-5-4-6-23(16-21)34-3)30-25-12-11-22(17-29-25)27(33)28-14-13-26(31)32/h4-12,16-18,24H,13-15H2,1-3H3,(H,28,33)(H,29,30)(H,31,32). The fourth-order valence-electron chi connectivity index (χ4n) is 3.64. The maximum atomic E-state index is 12.1. The van der Waals surface area contributed by atoms with Crippen molar-refractivity contribution in [1.82, 2.24) is 10.3 Å². The number of pyridine rings is 1. The molecule has 3 rings (SSSR count). The number of rotatable bonds is 11. The van der Waals surface area contributed by atoms with Gasteiger partial charge in [0.05, 0.1) is 25.1 Å². The van der Waals surface area contributed by atoms with Crippen molar-refractivity contribution in [2.24, 2.45) is 5.92 Å². The first-order chi connectivity index (χ1) is 16.4. The SMILES string of the molecule is COc1cccc(-c2ccc(C(CC(C)C)Nc3ccc(C(=O)NCCC(=O)O)cn3)cc2)c1. The fraction of sp³-hybridized carbons (Fsp3) is 0.296. The highest BCUT2D eigenvalue weighted by Gasteiger charge is 2.15. The van der Waals surface area contributed by atoms with Gasteiger partial charge in [-0.05, 0) is 53.3 Å². The predicted octanol–water partition coefficient (Wildman–Crippen LogP) is 5.16. The Morgan fingerprint density at radius 1 is 1.03 bits per heavy atom. The van der Waals surface area contributed by atoms with E-state index in [-0.39, 0.29) is 24.9 Å². The molecule has 0 aliphatic rings. The summed E-state index contributed by atoms with van der Waals surface area (Å²) in [6.45, 7) is 4.44. The fourth-order valence-corrected chi connectivity index (χ4v) is 3.64. The number of aliphatic carboxylic acids is 1. The van der Waals surface area contributed by atoms with Crippen LogP contribution in [0.15, 0.2) is 66.9 Å². The smallest absolute Gasteiger partial charge is 0.305 e. The van der Waals surface area contributed by atoms with Crippen molar-refractivity contribution >= 4 is 17.7 Å². The summed E-state index contributed by atoms with van der Waals surface area (Å²) in [7, 11) is 1.66. The number of benzene rings is 2. The zero-order valence-electron chi connectivity index (χ0n) is 19.7. The molecule has 3 aromatic rings. The maximum absolute atomic E-state index is 12.1. The Hall–Kier alpha value is -3.87. The Labute approximate surface area is 200 Å². The van der Waals surface area contributed by atoms with Gasteiger partial charge in [-0.15, -0.1) is 0 Å². The molecule has 1 unspecified atom stereocenters. The van der Waals surface area contributed by atoms with Gasteiger partial charge in [-0.3, -0.25) is 9.59 Å². The first-order valence-electron chi connectivity index (χ1n) is 11.3. The van der Waals surface area contributed by atoms with Gasteiger partial charge in [0.1, 0.15) is 11.6 Å². The summed E-state index contributed by atoms with van der Waals surface area (Å²) >= 11 is 0. The van der Waals surface area contributed by atoms with Crippen LogP contribution in [0.5, 0.6) is 5.75 Å². The molecule has 178 valence electrons. The van der Waals surface area contributed by atoms with E-state index in [0.717, 1.165) is 28.9 Å². The van der Waals surface area contributed by atoms with Gasteiger partial charge in [-0.2, -0.15) is 0 Å². The van der Waals surface area contributed by atoms with Crippen molar-refractivity contribution in [3.8, 4) is 16.9 Å². The number of methoxy groups -OCH3 is 1. The Morgan fingerprint density at radius 3 is 2.41 bits per heavy atom. The van der Waals surface area contributed by atoms with Gasteiger partial charge in [-0.1, -0.05) is 50.2 Å². The van der Waals surface area contributed by atoms with E-state index >= 15 is 0 Å². The number of carboxylic acids is 1. The number of carbonyl (C=O) groups excluding carboxylic acids is 1. The van der Waals surface area contributed by atoms with Crippen molar-refractivity contribution in [1.29, 1.82) is 0 Å². The molecule has 1 heterocycles. The molecular weight excluding hydrogens is 430 g/mol. The van der Waals surface area contributed by atoms with Crippen LogP contribution in [0.2, 0.25) is 0 Å². The lowest BCUT2D eigenvalue weighted by atomic mass is 9.95. The van der Waals surface area contributed by atoms with Crippen LogP contribution in [0.25, 0.3) is 11.1 Å². The molecule has 1 amide bonds. The molecule has 0 aliphatic heterocycles. The minimum absolute atomic E-state index is 0.0575. The van der Waals surface area contributed by atoms with Crippen molar-refractivity contribution in [3.05, 3.63) is 78.0 Å². The quantitative estimate of drug-likeness (QED) is 0.365. The van der Waals surface area contributed by atoms with Crippen LogP contribution >= 0.6 is 0 Å². The normalized spacial score (nSPS) is 11.6. The molecule has 0 radical (unpaired) electrons. The second-order valence-corrected chi connectivity index (χ2v) is 8.51. The second-order valence-electron chi connectivity index (χ2n) is 8.51. The van der Waals surface area contributed by atoms with Crippen molar-refractivity contribution < 1.29 is 19.4 Å². The van der Waals surface area contributed by atoms with E-state index in [4.69, 9.17) is 9.84 Å². The zero-order valence-corrected chi connectivity index (χ0v) is 19.7. The average molecular weight is 462 g/mol. The summed E-state index contributed by atoms with van der Waals surface area (Å²) in [4.78, 5) is 27.1. The molecule has 0 spiro atoms. The number of nitrogens with one attached hydrogen (secondary N) is 2. The molecule has 0 fully saturated rings. The highest BCUT2D eigenvalue weighted by atomic mass is 16.5. The van der Waals surface area contributed by atoms with E-state index in [1.165, 1.54) is 6.20 Å². The number of hydrogen-bond donors (Lipinski definition) is 3. The highest BCUT2D eigenvalue weighted by molar-refractivity contribution is 5.94. The summed E-state index contributed by atoms with van der Waals surface area (Å²) in [6.07, 6.45) is 2.29. The van der Waals surface area contributed by atoms with Crippen molar-refractivity contribution in [2.45, 2.75) is 32.7 Å². The molecule has 1 aromatic heterocycles. The number of carboxylic acid groups (broad SMARTS) is 1. The van der Waals surface area contributed by atoms with Crippen molar-refractivity contribution in [2.75, 3.05) is 19.0 Å². The topological polar surface area (TPSA) is 101 Å². The van der Waals surface area contributed by atoms with Crippen molar-refractivity contribution in [3.63, 3.8) is 0 Å². The van der Waals surface area contributed by atoms with E-state index in [1.807, 2.05) is 18.2 Å². The van der Waals surface area contributed by atoms with Gasteiger partial charge < -0.3 is 20.5 Å². The molecule has 2 aromatic carbocycles.